The molecule has 1 aliphatic carbocycles. The van der Waals surface area contributed by atoms with Crippen molar-refractivity contribution in [1.82, 2.24) is 0 Å². The van der Waals surface area contributed by atoms with Crippen molar-refractivity contribution in [2.24, 2.45) is 0 Å². The molecular formula is C22H22N2. The Hall–Kier alpha value is -2.74. The van der Waals surface area contributed by atoms with Crippen LogP contribution >= 0.6 is 0 Å². The molecule has 0 bridgehead atoms. The smallest absolute Gasteiger partial charge is 0.0342 e. The second-order valence-corrected chi connectivity index (χ2v) is 6.55. The fourth-order valence-corrected chi connectivity index (χ4v) is 3.49. The first-order valence-corrected chi connectivity index (χ1v) is 8.57. The van der Waals surface area contributed by atoms with Crippen molar-refractivity contribution >= 4 is 11.4 Å². The van der Waals surface area contributed by atoms with Gasteiger partial charge in [-0.2, -0.15) is 0 Å². The molecule has 1 aliphatic rings. The number of aryl methyl sites for hydroxylation is 1. The van der Waals surface area contributed by atoms with E-state index >= 15 is 0 Å². The van der Waals surface area contributed by atoms with E-state index in [-0.39, 0.29) is 0 Å². The summed E-state index contributed by atoms with van der Waals surface area (Å²) >= 11 is 0. The van der Waals surface area contributed by atoms with Gasteiger partial charge in [-0.05, 0) is 65.8 Å². The standard InChI is InChI=1S/C22H22N2/c23-20-10-5-17(6-11-20)18-7-12-21(13-8-18)24-22-14-9-16-3-1-2-4-19(16)15-22/h1-8,10-13,22,24H,9,14-15,23H2. The molecule has 24 heavy (non-hydrogen) atoms. The molecule has 0 aromatic heterocycles. The van der Waals surface area contributed by atoms with E-state index in [4.69, 9.17) is 5.73 Å². The zero-order valence-corrected chi connectivity index (χ0v) is 13.7. The second-order valence-electron chi connectivity index (χ2n) is 6.55. The second kappa shape index (κ2) is 6.40. The lowest BCUT2D eigenvalue weighted by atomic mass is 9.88. The van der Waals surface area contributed by atoms with Crippen LogP contribution in [0.25, 0.3) is 11.1 Å². The molecule has 0 spiro atoms. The molecule has 0 fully saturated rings. The summed E-state index contributed by atoms with van der Waals surface area (Å²) < 4.78 is 0. The van der Waals surface area contributed by atoms with Gasteiger partial charge in [0.1, 0.15) is 0 Å². The van der Waals surface area contributed by atoms with E-state index < -0.39 is 0 Å². The van der Waals surface area contributed by atoms with E-state index in [0.717, 1.165) is 18.5 Å². The first kappa shape index (κ1) is 14.8. The van der Waals surface area contributed by atoms with Gasteiger partial charge in [0.05, 0.1) is 0 Å². The van der Waals surface area contributed by atoms with Gasteiger partial charge in [0.2, 0.25) is 0 Å². The third-order valence-corrected chi connectivity index (χ3v) is 4.85. The van der Waals surface area contributed by atoms with Gasteiger partial charge in [0.25, 0.3) is 0 Å². The molecule has 120 valence electrons. The van der Waals surface area contributed by atoms with Crippen molar-refractivity contribution in [2.45, 2.75) is 25.3 Å². The van der Waals surface area contributed by atoms with E-state index in [1.165, 1.54) is 34.4 Å². The summed E-state index contributed by atoms with van der Waals surface area (Å²) in [5.74, 6) is 0. The summed E-state index contributed by atoms with van der Waals surface area (Å²) in [5.41, 5.74) is 13.2. The molecule has 3 aromatic carbocycles. The van der Waals surface area contributed by atoms with Crippen LogP contribution in [0.4, 0.5) is 11.4 Å². The van der Waals surface area contributed by atoms with Crippen molar-refractivity contribution in [1.29, 1.82) is 0 Å². The molecular weight excluding hydrogens is 292 g/mol. The Balaban J connectivity index is 1.45. The summed E-state index contributed by atoms with van der Waals surface area (Å²) in [6.45, 7) is 0. The van der Waals surface area contributed by atoms with E-state index in [0.29, 0.717) is 6.04 Å². The number of anilines is 2. The number of hydrogen-bond donors (Lipinski definition) is 2. The third-order valence-electron chi connectivity index (χ3n) is 4.85. The van der Waals surface area contributed by atoms with Gasteiger partial charge in [0, 0.05) is 17.4 Å². The summed E-state index contributed by atoms with van der Waals surface area (Å²) in [5, 5.41) is 3.69. The van der Waals surface area contributed by atoms with Crippen LogP contribution in [0.1, 0.15) is 17.5 Å². The zero-order chi connectivity index (χ0) is 16.4. The topological polar surface area (TPSA) is 38.0 Å². The minimum atomic E-state index is 0.516. The van der Waals surface area contributed by atoms with E-state index in [1.54, 1.807) is 0 Å². The quantitative estimate of drug-likeness (QED) is 0.674. The highest BCUT2D eigenvalue weighted by molar-refractivity contribution is 5.67. The molecule has 0 saturated heterocycles. The van der Waals surface area contributed by atoms with Crippen molar-refractivity contribution in [3.63, 3.8) is 0 Å². The Kier molecular flexibility index (Phi) is 3.96. The Morgan fingerprint density at radius 3 is 2.08 bits per heavy atom. The Bertz CT molecular complexity index is 819. The highest BCUT2D eigenvalue weighted by Gasteiger charge is 2.17. The molecule has 2 heteroatoms. The Morgan fingerprint density at radius 1 is 0.750 bits per heavy atom. The normalized spacial score (nSPS) is 16.4. The lowest BCUT2D eigenvalue weighted by Gasteiger charge is -2.26. The van der Waals surface area contributed by atoms with Crippen molar-refractivity contribution in [3.8, 4) is 11.1 Å². The number of nitrogens with one attached hydrogen (secondary N) is 1. The molecule has 0 radical (unpaired) electrons. The van der Waals surface area contributed by atoms with Gasteiger partial charge in [-0.1, -0.05) is 48.5 Å². The summed E-state index contributed by atoms with van der Waals surface area (Å²) in [6, 6.07) is 26.0. The lowest BCUT2D eigenvalue weighted by Crippen LogP contribution is -2.27. The molecule has 4 rings (SSSR count). The van der Waals surface area contributed by atoms with Gasteiger partial charge >= 0.3 is 0 Å². The maximum Gasteiger partial charge on any atom is 0.0342 e. The number of nitrogen functional groups attached to an aromatic ring is 1. The first-order valence-electron chi connectivity index (χ1n) is 8.57. The van der Waals surface area contributed by atoms with Crippen LogP contribution in [-0.4, -0.2) is 6.04 Å². The molecule has 1 unspecified atom stereocenters. The van der Waals surface area contributed by atoms with E-state index in [2.05, 4.69) is 66.0 Å². The Labute approximate surface area is 143 Å². The number of rotatable bonds is 3. The van der Waals surface area contributed by atoms with Gasteiger partial charge in [-0.25, -0.2) is 0 Å². The molecule has 0 aliphatic heterocycles. The van der Waals surface area contributed by atoms with Gasteiger partial charge < -0.3 is 11.1 Å². The maximum absolute atomic E-state index is 5.76. The molecule has 3 aromatic rings. The third kappa shape index (κ3) is 3.13. The number of hydrogen-bond acceptors (Lipinski definition) is 2. The minimum Gasteiger partial charge on any atom is -0.399 e. The molecule has 1 atom stereocenters. The van der Waals surface area contributed by atoms with E-state index in [9.17, 15) is 0 Å². The average molecular weight is 314 g/mol. The first-order chi connectivity index (χ1) is 11.8. The summed E-state index contributed by atoms with van der Waals surface area (Å²) in [6.07, 6.45) is 3.46. The predicted octanol–water partition coefficient (Wildman–Crippen LogP) is 4.91. The van der Waals surface area contributed by atoms with Crippen molar-refractivity contribution in [2.75, 3.05) is 11.1 Å². The van der Waals surface area contributed by atoms with Gasteiger partial charge in [-0.3, -0.25) is 0 Å². The number of nitrogens with two attached hydrogens (primary N) is 1. The van der Waals surface area contributed by atoms with Crippen molar-refractivity contribution < 1.29 is 0 Å². The Morgan fingerprint density at radius 2 is 1.38 bits per heavy atom. The molecule has 3 N–H and O–H groups in total. The van der Waals surface area contributed by atoms with Crippen molar-refractivity contribution in [3.05, 3.63) is 83.9 Å². The fraction of sp³-hybridized carbons (Fsp3) is 0.182. The minimum absolute atomic E-state index is 0.516. The zero-order valence-electron chi connectivity index (χ0n) is 13.7. The van der Waals surface area contributed by atoms with E-state index in [1.807, 2.05) is 12.1 Å². The number of fused-ring (bicyclic) bond motifs is 1. The highest BCUT2D eigenvalue weighted by Crippen LogP contribution is 2.26. The summed E-state index contributed by atoms with van der Waals surface area (Å²) in [7, 11) is 0. The van der Waals surface area contributed by atoms with Crippen LogP contribution in [0.5, 0.6) is 0 Å². The van der Waals surface area contributed by atoms with Crippen LogP contribution in [-0.2, 0) is 12.8 Å². The maximum atomic E-state index is 5.76. The largest absolute Gasteiger partial charge is 0.399 e. The van der Waals surface area contributed by atoms with Crippen LogP contribution in [0.2, 0.25) is 0 Å². The lowest BCUT2D eigenvalue weighted by molar-refractivity contribution is 0.611. The van der Waals surface area contributed by atoms with Crippen LogP contribution < -0.4 is 11.1 Å². The summed E-state index contributed by atoms with van der Waals surface area (Å²) in [4.78, 5) is 0. The average Bonchev–Trinajstić information content (AvgIpc) is 2.63. The van der Waals surface area contributed by atoms with Crippen LogP contribution in [0.15, 0.2) is 72.8 Å². The molecule has 2 nitrogen and oxygen atoms in total. The molecule has 0 heterocycles. The van der Waals surface area contributed by atoms with Crippen LogP contribution in [0.3, 0.4) is 0 Å². The monoisotopic (exact) mass is 314 g/mol. The van der Waals surface area contributed by atoms with Gasteiger partial charge in [0.15, 0.2) is 0 Å². The fourth-order valence-electron chi connectivity index (χ4n) is 3.49. The SMILES string of the molecule is Nc1ccc(-c2ccc(NC3CCc4ccccc4C3)cc2)cc1. The predicted molar refractivity (Wildman–Crippen MR) is 102 cm³/mol. The van der Waals surface area contributed by atoms with Crippen LogP contribution in [0, 0.1) is 0 Å². The highest BCUT2D eigenvalue weighted by atomic mass is 14.9. The van der Waals surface area contributed by atoms with Gasteiger partial charge in [-0.15, -0.1) is 0 Å². The molecule has 0 saturated carbocycles. The molecule has 0 amide bonds. The number of benzene rings is 3.